The Morgan fingerprint density at radius 2 is 2.12 bits per heavy atom. The Kier molecular flexibility index (Phi) is 3.59. The summed E-state index contributed by atoms with van der Waals surface area (Å²) < 4.78 is 2.97. The molecule has 4 nitrogen and oxygen atoms in total. The molecule has 0 aliphatic carbocycles. The minimum absolute atomic E-state index is 0.0869. The lowest BCUT2D eigenvalue weighted by Gasteiger charge is -2.08. The van der Waals surface area contributed by atoms with Crippen LogP contribution >= 0.6 is 15.9 Å². The number of hydrogen-bond donors (Lipinski definition) is 1. The van der Waals surface area contributed by atoms with Gasteiger partial charge in [0, 0.05) is 16.6 Å². The van der Waals surface area contributed by atoms with E-state index in [9.17, 15) is 5.11 Å². The molecule has 0 atom stereocenters. The molecule has 0 amide bonds. The second-order valence-corrected chi connectivity index (χ2v) is 4.72. The molecular formula is C12H14BrN3O. The van der Waals surface area contributed by atoms with E-state index in [0.717, 1.165) is 28.0 Å². The molecule has 2 rings (SSSR count). The lowest BCUT2D eigenvalue weighted by atomic mass is 10.1. The van der Waals surface area contributed by atoms with Gasteiger partial charge in [0.1, 0.15) is 6.61 Å². The first-order chi connectivity index (χ1) is 8.17. The Morgan fingerprint density at radius 1 is 1.35 bits per heavy atom. The number of aromatic nitrogens is 3. The van der Waals surface area contributed by atoms with Crippen LogP contribution in [0.2, 0.25) is 0 Å². The van der Waals surface area contributed by atoms with Crippen molar-refractivity contribution in [2.24, 2.45) is 0 Å². The van der Waals surface area contributed by atoms with Crippen molar-refractivity contribution in [1.82, 2.24) is 14.8 Å². The Labute approximate surface area is 108 Å². The minimum Gasteiger partial charge on any atom is -0.388 e. The molecule has 2 aromatic rings. The molecule has 0 bridgehead atoms. The van der Waals surface area contributed by atoms with Gasteiger partial charge in [0.05, 0.1) is 0 Å². The molecule has 0 spiro atoms. The number of aryl methyl sites for hydroxylation is 1. The van der Waals surface area contributed by atoms with Crippen molar-refractivity contribution >= 4 is 15.9 Å². The van der Waals surface area contributed by atoms with E-state index in [2.05, 4.69) is 26.1 Å². The van der Waals surface area contributed by atoms with Crippen molar-refractivity contribution in [2.45, 2.75) is 27.0 Å². The molecule has 0 aliphatic rings. The Bertz CT molecular complexity index is 537. The molecule has 0 saturated carbocycles. The third-order valence-corrected chi connectivity index (χ3v) is 3.21. The van der Waals surface area contributed by atoms with Crippen LogP contribution in [0.15, 0.2) is 22.7 Å². The summed E-state index contributed by atoms with van der Waals surface area (Å²) in [7, 11) is 0. The van der Waals surface area contributed by atoms with Crippen LogP contribution in [0.25, 0.3) is 11.4 Å². The van der Waals surface area contributed by atoms with Gasteiger partial charge in [-0.3, -0.25) is 0 Å². The molecule has 90 valence electrons. The number of hydrogen-bond acceptors (Lipinski definition) is 3. The molecule has 0 aliphatic heterocycles. The number of aliphatic hydroxyl groups excluding tert-OH is 1. The number of nitrogens with zero attached hydrogens (tertiary/aromatic N) is 3. The summed E-state index contributed by atoms with van der Waals surface area (Å²) in [5.74, 6) is 1.41. The summed E-state index contributed by atoms with van der Waals surface area (Å²) in [6.07, 6.45) is 0. The third-order valence-electron chi connectivity index (χ3n) is 2.71. The van der Waals surface area contributed by atoms with E-state index in [0.29, 0.717) is 5.82 Å². The van der Waals surface area contributed by atoms with E-state index < -0.39 is 0 Å². The van der Waals surface area contributed by atoms with Gasteiger partial charge >= 0.3 is 0 Å². The molecule has 17 heavy (non-hydrogen) atoms. The van der Waals surface area contributed by atoms with Gasteiger partial charge in [0.2, 0.25) is 0 Å². The predicted molar refractivity (Wildman–Crippen MR) is 69.5 cm³/mol. The Hall–Kier alpha value is -1.20. The lowest BCUT2D eigenvalue weighted by Crippen LogP contribution is -2.04. The normalized spacial score (nSPS) is 10.8. The van der Waals surface area contributed by atoms with E-state index in [1.54, 1.807) is 0 Å². The third kappa shape index (κ3) is 2.25. The summed E-state index contributed by atoms with van der Waals surface area (Å²) in [5.41, 5.74) is 2.17. The zero-order valence-electron chi connectivity index (χ0n) is 9.81. The highest BCUT2D eigenvalue weighted by Gasteiger charge is 2.13. The monoisotopic (exact) mass is 295 g/mol. The highest BCUT2D eigenvalue weighted by Crippen LogP contribution is 2.25. The fraction of sp³-hybridized carbons (Fsp3) is 0.333. The fourth-order valence-corrected chi connectivity index (χ4v) is 2.34. The molecule has 0 fully saturated rings. The average molecular weight is 296 g/mol. The first-order valence-electron chi connectivity index (χ1n) is 5.46. The molecular weight excluding hydrogens is 282 g/mol. The van der Waals surface area contributed by atoms with Crippen molar-refractivity contribution in [1.29, 1.82) is 0 Å². The zero-order valence-corrected chi connectivity index (χ0v) is 11.4. The molecule has 0 unspecified atom stereocenters. The standard InChI is InChI=1S/C12H14BrN3O/c1-3-16-11(7-17)14-15-12(16)10-5-4-9(13)6-8(10)2/h4-6,17H,3,7H2,1-2H3. The van der Waals surface area contributed by atoms with Crippen LogP contribution in [0.4, 0.5) is 0 Å². The molecule has 1 N–H and O–H groups in total. The first-order valence-corrected chi connectivity index (χ1v) is 6.26. The molecule has 0 saturated heterocycles. The van der Waals surface area contributed by atoms with Gasteiger partial charge in [-0.2, -0.15) is 0 Å². The van der Waals surface area contributed by atoms with Gasteiger partial charge in [0.25, 0.3) is 0 Å². The van der Waals surface area contributed by atoms with Gasteiger partial charge in [0.15, 0.2) is 11.6 Å². The maximum Gasteiger partial charge on any atom is 0.164 e. The van der Waals surface area contributed by atoms with Gasteiger partial charge in [-0.1, -0.05) is 15.9 Å². The average Bonchev–Trinajstić information content (AvgIpc) is 2.71. The quantitative estimate of drug-likeness (QED) is 0.947. The van der Waals surface area contributed by atoms with Gasteiger partial charge in [-0.15, -0.1) is 10.2 Å². The largest absolute Gasteiger partial charge is 0.388 e. The van der Waals surface area contributed by atoms with Crippen LogP contribution in [0.3, 0.4) is 0 Å². The van der Waals surface area contributed by atoms with Crippen molar-refractivity contribution in [3.05, 3.63) is 34.1 Å². The molecule has 1 heterocycles. The van der Waals surface area contributed by atoms with Crippen LogP contribution < -0.4 is 0 Å². The van der Waals surface area contributed by atoms with Crippen molar-refractivity contribution in [3.63, 3.8) is 0 Å². The second-order valence-electron chi connectivity index (χ2n) is 3.80. The van der Waals surface area contributed by atoms with Gasteiger partial charge < -0.3 is 9.67 Å². The van der Waals surface area contributed by atoms with Crippen LogP contribution in [0.5, 0.6) is 0 Å². The Morgan fingerprint density at radius 3 is 2.71 bits per heavy atom. The molecule has 1 aromatic heterocycles. The Balaban J connectivity index is 2.56. The molecule has 1 aromatic carbocycles. The van der Waals surface area contributed by atoms with E-state index in [-0.39, 0.29) is 6.61 Å². The van der Waals surface area contributed by atoms with Crippen LogP contribution in [0, 0.1) is 6.92 Å². The minimum atomic E-state index is -0.0869. The van der Waals surface area contributed by atoms with E-state index in [1.165, 1.54) is 0 Å². The number of aliphatic hydroxyl groups is 1. The molecule has 5 heteroatoms. The highest BCUT2D eigenvalue weighted by atomic mass is 79.9. The maximum atomic E-state index is 9.19. The smallest absolute Gasteiger partial charge is 0.164 e. The van der Waals surface area contributed by atoms with Gasteiger partial charge in [-0.05, 0) is 37.6 Å². The van der Waals surface area contributed by atoms with E-state index in [4.69, 9.17) is 0 Å². The van der Waals surface area contributed by atoms with Crippen LogP contribution in [0.1, 0.15) is 18.3 Å². The van der Waals surface area contributed by atoms with E-state index >= 15 is 0 Å². The van der Waals surface area contributed by atoms with Gasteiger partial charge in [-0.25, -0.2) is 0 Å². The van der Waals surface area contributed by atoms with Crippen LogP contribution in [-0.4, -0.2) is 19.9 Å². The first kappa shape index (κ1) is 12.3. The van der Waals surface area contributed by atoms with Crippen LogP contribution in [-0.2, 0) is 13.2 Å². The van der Waals surface area contributed by atoms with Crippen molar-refractivity contribution in [2.75, 3.05) is 0 Å². The summed E-state index contributed by atoms with van der Waals surface area (Å²) in [6, 6.07) is 6.04. The summed E-state index contributed by atoms with van der Waals surface area (Å²) in [6.45, 7) is 4.71. The number of halogens is 1. The highest BCUT2D eigenvalue weighted by molar-refractivity contribution is 9.10. The fourth-order valence-electron chi connectivity index (χ4n) is 1.86. The number of rotatable bonds is 3. The SMILES string of the molecule is CCn1c(CO)nnc1-c1ccc(Br)cc1C. The molecule has 0 radical (unpaired) electrons. The second kappa shape index (κ2) is 4.98. The van der Waals surface area contributed by atoms with E-state index in [1.807, 2.05) is 36.6 Å². The predicted octanol–water partition coefficient (Wildman–Crippen LogP) is 2.53. The topological polar surface area (TPSA) is 50.9 Å². The number of benzene rings is 1. The summed E-state index contributed by atoms with van der Waals surface area (Å²) in [5, 5.41) is 17.3. The summed E-state index contributed by atoms with van der Waals surface area (Å²) in [4.78, 5) is 0. The van der Waals surface area contributed by atoms with Crippen molar-refractivity contribution in [3.8, 4) is 11.4 Å². The zero-order chi connectivity index (χ0) is 12.4. The summed E-state index contributed by atoms with van der Waals surface area (Å²) >= 11 is 3.44. The maximum absolute atomic E-state index is 9.19. The lowest BCUT2D eigenvalue weighted by molar-refractivity contribution is 0.265. The van der Waals surface area contributed by atoms with Crippen molar-refractivity contribution < 1.29 is 5.11 Å².